The zero-order chi connectivity index (χ0) is 24.2. The molecule has 2 aliphatic rings. The van der Waals surface area contributed by atoms with Crippen molar-refractivity contribution in [1.29, 1.82) is 0 Å². The predicted molar refractivity (Wildman–Crippen MR) is 117 cm³/mol. The minimum atomic E-state index is -1.67. The van der Waals surface area contributed by atoms with Crippen LogP contribution in [-0.2, 0) is 16.1 Å². The van der Waals surface area contributed by atoms with Crippen molar-refractivity contribution in [2.24, 2.45) is 0 Å². The Hall–Kier alpha value is -3.31. The number of nitrogens with one attached hydrogen (secondary N) is 2. The molecule has 4 rings (SSSR count). The van der Waals surface area contributed by atoms with Gasteiger partial charge in [0, 0.05) is 32.7 Å². The summed E-state index contributed by atoms with van der Waals surface area (Å²) in [7, 11) is 0. The van der Waals surface area contributed by atoms with Crippen LogP contribution in [0.2, 0.25) is 0 Å². The third-order valence-corrected chi connectivity index (χ3v) is 5.91. The Labute approximate surface area is 194 Å². The number of hydrogen-bond acceptors (Lipinski definition) is 6. The highest BCUT2D eigenvalue weighted by molar-refractivity contribution is 5.95. The smallest absolute Gasteiger partial charge is 0.243 e. The van der Waals surface area contributed by atoms with Crippen LogP contribution in [0.5, 0.6) is 11.5 Å². The highest BCUT2D eigenvalue weighted by Crippen LogP contribution is 2.32. The molecule has 1 saturated heterocycles. The Kier molecular flexibility index (Phi) is 7.23. The summed E-state index contributed by atoms with van der Waals surface area (Å²) in [6.07, 6.45) is 0. The molecule has 0 aliphatic carbocycles. The van der Waals surface area contributed by atoms with Gasteiger partial charge in [-0.3, -0.25) is 19.4 Å². The van der Waals surface area contributed by atoms with E-state index in [4.69, 9.17) is 9.47 Å². The lowest BCUT2D eigenvalue weighted by atomic mass is 10.1. The largest absolute Gasteiger partial charge is 0.454 e. The molecule has 0 saturated carbocycles. The van der Waals surface area contributed by atoms with Crippen molar-refractivity contribution in [3.8, 4) is 11.5 Å². The Morgan fingerprint density at radius 3 is 2.50 bits per heavy atom. The fourth-order valence-corrected chi connectivity index (χ4v) is 3.90. The average molecular weight is 478 g/mol. The van der Waals surface area contributed by atoms with E-state index in [0.717, 1.165) is 42.8 Å². The normalized spacial score (nSPS) is 16.8. The predicted octanol–water partition coefficient (Wildman–Crippen LogP) is 2.09. The number of rotatable bonds is 7. The first-order valence-corrected chi connectivity index (χ1v) is 10.9. The molecule has 0 unspecified atom stereocenters. The molecule has 0 bridgehead atoms. The summed E-state index contributed by atoms with van der Waals surface area (Å²) >= 11 is 0. The molecule has 2 heterocycles. The highest BCUT2D eigenvalue weighted by Gasteiger charge is 2.26. The van der Waals surface area contributed by atoms with E-state index in [1.165, 1.54) is 0 Å². The summed E-state index contributed by atoms with van der Waals surface area (Å²) in [4.78, 5) is 28.8. The van der Waals surface area contributed by atoms with Gasteiger partial charge in [-0.15, -0.1) is 0 Å². The van der Waals surface area contributed by atoms with Crippen LogP contribution < -0.4 is 20.1 Å². The first kappa shape index (κ1) is 23.8. The second kappa shape index (κ2) is 10.3. The molecule has 0 radical (unpaired) electrons. The second-order valence-electron chi connectivity index (χ2n) is 8.16. The Morgan fingerprint density at radius 2 is 1.74 bits per heavy atom. The Balaban J connectivity index is 1.21. The van der Waals surface area contributed by atoms with Gasteiger partial charge in [-0.05, 0) is 36.8 Å². The summed E-state index contributed by atoms with van der Waals surface area (Å²) in [5, 5.41) is 4.62. The maximum atomic E-state index is 13.7. The first-order chi connectivity index (χ1) is 16.3. The van der Waals surface area contributed by atoms with Gasteiger partial charge >= 0.3 is 0 Å². The number of benzene rings is 2. The van der Waals surface area contributed by atoms with Gasteiger partial charge in [0.25, 0.3) is 0 Å². The van der Waals surface area contributed by atoms with Crippen LogP contribution in [0.15, 0.2) is 30.3 Å². The van der Waals surface area contributed by atoms with Gasteiger partial charge in [0.05, 0.1) is 18.3 Å². The molecule has 34 heavy (non-hydrogen) atoms. The summed E-state index contributed by atoms with van der Waals surface area (Å²) in [5.74, 6) is -4.13. The number of carbonyl (C=O) groups excluding carboxylic acids is 2. The van der Waals surface area contributed by atoms with Gasteiger partial charge in [0.15, 0.2) is 29.0 Å². The van der Waals surface area contributed by atoms with E-state index in [2.05, 4.69) is 15.5 Å². The molecule has 8 nitrogen and oxygen atoms in total. The number of ether oxygens (including phenoxy) is 2. The lowest BCUT2D eigenvalue weighted by Crippen LogP contribution is -2.54. The lowest BCUT2D eigenvalue weighted by molar-refractivity contribution is -0.128. The second-order valence-corrected chi connectivity index (χ2v) is 8.16. The van der Waals surface area contributed by atoms with Gasteiger partial charge in [-0.1, -0.05) is 6.07 Å². The number of fused-ring (bicyclic) bond motifs is 1. The van der Waals surface area contributed by atoms with E-state index in [-0.39, 0.29) is 12.7 Å². The van der Waals surface area contributed by atoms with Gasteiger partial charge < -0.3 is 20.1 Å². The van der Waals surface area contributed by atoms with E-state index in [9.17, 15) is 22.8 Å². The minimum absolute atomic E-state index is 0.237. The number of amides is 2. The standard InChI is InChI=1S/C23H25F3N4O4/c1-14(23(32)27-11-20(31)28-17-4-3-16(24)21(25)22(17)26)30-8-6-29(7-9-30)12-15-2-5-18-19(10-15)34-13-33-18/h2-5,10,14H,6-9,11-13H2,1H3,(H,27,32)(H,28,31)/t14-/m1/s1. The number of halogens is 3. The molecule has 1 fully saturated rings. The average Bonchev–Trinajstić information content (AvgIpc) is 3.31. The summed E-state index contributed by atoms with van der Waals surface area (Å²) in [5.41, 5.74) is 0.622. The quantitative estimate of drug-likeness (QED) is 0.594. The van der Waals surface area contributed by atoms with Crippen molar-refractivity contribution < 1.29 is 32.2 Å². The van der Waals surface area contributed by atoms with Crippen LogP contribution in [0.4, 0.5) is 18.9 Å². The zero-order valence-corrected chi connectivity index (χ0v) is 18.6. The van der Waals surface area contributed by atoms with Crippen LogP contribution in [0.25, 0.3) is 0 Å². The number of nitrogens with zero attached hydrogens (tertiary/aromatic N) is 2. The van der Waals surface area contributed by atoms with Gasteiger partial charge in [0.1, 0.15) is 0 Å². The van der Waals surface area contributed by atoms with Crippen molar-refractivity contribution in [3.05, 3.63) is 53.3 Å². The van der Waals surface area contributed by atoms with Crippen LogP contribution in [0.1, 0.15) is 12.5 Å². The number of piperazine rings is 1. The van der Waals surface area contributed by atoms with Crippen molar-refractivity contribution in [2.75, 3.05) is 44.8 Å². The summed E-state index contributed by atoms with van der Waals surface area (Å²) in [6.45, 7) is 5.19. The Bertz CT molecular complexity index is 1080. The monoisotopic (exact) mass is 478 g/mol. The number of hydrogen-bond donors (Lipinski definition) is 2. The van der Waals surface area contributed by atoms with Crippen molar-refractivity contribution >= 4 is 17.5 Å². The topological polar surface area (TPSA) is 83.1 Å². The fourth-order valence-electron chi connectivity index (χ4n) is 3.90. The van der Waals surface area contributed by atoms with Crippen LogP contribution in [-0.4, -0.2) is 67.2 Å². The summed E-state index contributed by atoms with van der Waals surface area (Å²) in [6, 6.07) is 7.03. The van der Waals surface area contributed by atoms with E-state index < -0.39 is 41.6 Å². The van der Waals surface area contributed by atoms with Crippen LogP contribution >= 0.6 is 0 Å². The maximum absolute atomic E-state index is 13.7. The molecule has 0 aromatic heterocycles. The van der Waals surface area contributed by atoms with Crippen LogP contribution in [0.3, 0.4) is 0 Å². The van der Waals surface area contributed by atoms with E-state index in [0.29, 0.717) is 19.2 Å². The van der Waals surface area contributed by atoms with Crippen molar-refractivity contribution in [2.45, 2.75) is 19.5 Å². The molecule has 0 spiro atoms. The highest BCUT2D eigenvalue weighted by atomic mass is 19.2. The molecule has 182 valence electrons. The van der Waals surface area contributed by atoms with Crippen LogP contribution in [0, 0.1) is 17.5 Å². The van der Waals surface area contributed by atoms with Gasteiger partial charge in [-0.2, -0.15) is 0 Å². The molecular weight excluding hydrogens is 453 g/mol. The Morgan fingerprint density at radius 1 is 1.00 bits per heavy atom. The molecule has 2 aromatic carbocycles. The third kappa shape index (κ3) is 5.42. The lowest BCUT2D eigenvalue weighted by Gasteiger charge is -2.37. The number of carbonyl (C=O) groups is 2. The molecule has 1 atom stereocenters. The fraction of sp³-hybridized carbons (Fsp3) is 0.391. The maximum Gasteiger partial charge on any atom is 0.243 e. The third-order valence-electron chi connectivity index (χ3n) is 5.91. The number of anilines is 1. The molecular formula is C23H25F3N4O4. The van der Waals surface area contributed by atoms with E-state index in [1.807, 2.05) is 23.1 Å². The first-order valence-electron chi connectivity index (χ1n) is 10.9. The molecule has 2 aromatic rings. The SMILES string of the molecule is C[C@H](C(=O)NCC(=O)Nc1ccc(F)c(F)c1F)N1CCN(Cc2ccc3c(c2)OCO3)CC1. The van der Waals surface area contributed by atoms with Gasteiger partial charge in [0.2, 0.25) is 18.6 Å². The van der Waals surface area contributed by atoms with E-state index in [1.54, 1.807) is 6.92 Å². The zero-order valence-electron chi connectivity index (χ0n) is 18.6. The van der Waals surface area contributed by atoms with Crippen molar-refractivity contribution in [1.82, 2.24) is 15.1 Å². The minimum Gasteiger partial charge on any atom is -0.454 e. The summed E-state index contributed by atoms with van der Waals surface area (Å²) < 4.78 is 50.7. The molecule has 11 heteroatoms. The molecule has 2 aliphatic heterocycles. The molecule has 2 N–H and O–H groups in total. The van der Waals surface area contributed by atoms with Crippen molar-refractivity contribution in [3.63, 3.8) is 0 Å². The van der Waals surface area contributed by atoms with Gasteiger partial charge in [-0.25, -0.2) is 13.2 Å². The van der Waals surface area contributed by atoms with E-state index >= 15 is 0 Å². The molecule has 2 amide bonds.